The highest BCUT2D eigenvalue weighted by Gasteiger charge is 1.86. The first-order chi connectivity index (χ1) is 5.20. The summed E-state index contributed by atoms with van der Waals surface area (Å²) >= 11 is 0. The van der Waals surface area contributed by atoms with Gasteiger partial charge in [0, 0.05) is 0 Å². The second kappa shape index (κ2) is 6.21. The molecule has 0 aromatic heterocycles. The molecule has 0 N–H and O–H groups in total. The molecule has 0 aliphatic rings. The molecule has 0 bridgehead atoms. The third kappa shape index (κ3) is 5.90. The Morgan fingerprint density at radius 1 is 1.18 bits per heavy atom. The van der Waals surface area contributed by atoms with E-state index >= 15 is 0 Å². The zero-order valence-corrected chi connectivity index (χ0v) is 8.28. The lowest BCUT2D eigenvalue weighted by molar-refractivity contribution is 0.948. The molecule has 0 aliphatic carbocycles. The van der Waals surface area contributed by atoms with E-state index in [1.54, 1.807) is 0 Å². The Labute approximate surface area is 71.0 Å². The monoisotopic (exact) mass is 152 g/mol. The predicted octanol–water partition coefficient (Wildman–Crippen LogP) is 4.09. The summed E-state index contributed by atoms with van der Waals surface area (Å²) in [5.41, 5.74) is 3.00. The molecule has 0 amide bonds. The van der Waals surface area contributed by atoms with Crippen LogP contribution in [0.3, 0.4) is 0 Å². The average Bonchev–Trinajstić information content (AvgIpc) is 2.04. The average molecular weight is 152 g/mol. The molecule has 11 heavy (non-hydrogen) atoms. The van der Waals surface area contributed by atoms with Gasteiger partial charge in [0.15, 0.2) is 0 Å². The van der Waals surface area contributed by atoms with E-state index in [0.29, 0.717) is 0 Å². The van der Waals surface area contributed by atoms with E-state index in [0.717, 1.165) is 0 Å². The van der Waals surface area contributed by atoms with E-state index in [9.17, 15) is 0 Å². The molecule has 0 aromatic rings. The van der Waals surface area contributed by atoms with Crippen molar-refractivity contribution in [2.75, 3.05) is 0 Å². The third-order valence-electron chi connectivity index (χ3n) is 2.08. The van der Waals surface area contributed by atoms with Gasteiger partial charge in [-0.05, 0) is 40.0 Å². The number of allylic oxidation sites excluding steroid dienone is 4. The number of rotatable bonds is 4. The van der Waals surface area contributed by atoms with Crippen molar-refractivity contribution in [1.29, 1.82) is 0 Å². The van der Waals surface area contributed by atoms with Gasteiger partial charge in [0.25, 0.3) is 0 Å². The van der Waals surface area contributed by atoms with Gasteiger partial charge in [-0.15, -0.1) is 0 Å². The van der Waals surface area contributed by atoms with Gasteiger partial charge in [0.05, 0.1) is 0 Å². The van der Waals surface area contributed by atoms with Gasteiger partial charge in [-0.3, -0.25) is 0 Å². The van der Waals surface area contributed by atoms with Crippen LogP contribution >= 0.6 is 0 Å². The Balaban J connectivity index is 3.56. The first kappa shape index (κ1) is 10.5. The number of hydrogen-bond acceptors (Lipinski definition) is 0. The van der Waals surface area contributed by atoms with Crippen molar-refractivity contribution in [2.24, 2.45) is 0 Å². The normalized spacial score (nSPS) is 13.8. The van der Waals surface area contributed by atoms with Crippen LogP contribution in [0.5, 0.6) is 0 Å². The molecule has 64 valence electrons. The Bertz CT molecular complexity index is 149. The molecule has 0 nitrogen and oxygen atoms in total. The summed E-state index contributed by atoms with van der Waals surface area (Å²) in [4.78, 5) is 0. The maximum absolute atomic E-state index is 2.34. The fourth-order valence-corrected chi connectivity index (χ4v) is 0.835. The maximum atomic E-state index is 2.34. The second-order valence-corrected chi connectivity index (χ2v) is 3.08. The van der Waals surface area contributed by atoms with Gasteiger partial charge in [-0.1, -0.05) is 30.2 Å². The van der Waals surface area contributed by atoms with Gasteiger partial charge >= 0.3 is 0 Å². The Hall–Kier alpha value is -0.520. The topological polar surface area (TPSA) is 0 Å². The molecule has 0 saturated carbocycles. The first-order valence-electron chi connectivity index (χ1n) is 4.48. The molecule has 0 atom stereocenters. The molecule has 0 heteroatoms. The fraction of sp³-hybridized carbons (Fsp3) is 0.636. The molecule has 0 spiro atoms. The Morgan fingerprint density at radius 3 is 2.27 bits per heavy atom. The summed E-state index contributed by atoms with van der Waals surface area (Å²) in [5.74, 6) is 0. The van der Waals surface area contributed by atoms with Gasteiger partial charge in [0.2, 0.25) is 0 Å². The fourth-order valence-electron chi connectivity index (χ4n) is 0.835. The van der Waals surface area contributed by atoms with E-state index in [4.69, 9.17) is 0 Å². The van der Waals surface area contributed by atoms with Gasteiger partial charge < -0.3 is 0 Å². The summed E-state index contributed by atoms with van der Waals surface area (Å²) in [5, 5.41) is 0. The summed E-state index contributed by atoms with van der Waals surface area (Å²) in [6, 6.07) is 0. The highest BCUT2D eigenvalue weighted by Crippen LogP contribution is 2.07. The quantitative estimate of drug-likeness (QED) is 0.532. The van der Waals surface area contributed by atoms with E-state index in [2.05, 4.69) is 39.8 Å². The Kier molecular flexibility index (Phi) is 5.91. The molecule has 0 rings (SSSR count). The lowest BCUT2D eigenvalue weighted by Gasteiger charge is -1.97. The van der Waals surface area contributed by atoms with Crippen molar-refractivity contribution in [3.63, 3.8) is 0 Å². The van der Waals surface area contributed by atoms with E-state index in [1.165, 1.54) is 30.4 Å². The van der Waals surface area contributed by atoms with Crippen LogP contribution in [0.1, 0.15) is 47.0 Å². The minimum atomic E-state index is 1.19. The highest BCUT2D eigenvalue weighted by molar-refractivity contribution is 5.01. The van der Waals surface area contributed by atoms with Crippen molar-refractivity contribution in [1.82, 2.24) is 0 Å². The SMILES string of the molecule is C/C=C(\C)CCC=C(C)CC. The summed E-state index contributed by atoms with van der Waals surface area (Å²) in [7, 11) is 0. The van der Waals surface area contributed by atoms with Crippen LogP contribution < -0.4 is 0 Å². The van der Waals surface area contributed by atoms with Crippen LogP contribution in [-0.4, -0.2) is 0 Å². The third-order valence-corrected chi connectivity index (χ3v) is 2.08. The van der Waals surface area contributed by atoms with Crippen LogP contribution in [0.15, 0.2) is 23.3 Å². The summed E-state index contributed by atoms with van der Waals surface area (Å²) in [6.07, 6.45) is 8.14. The summed E-state index contributed by atoms with van der Waals surface area (Å²) in [6.45, 7) is 8.69. The molecule has 0 aliphatic heterocycles. The van der Waals surface area contributed by atoms with Crippen LogP contribution in [0.4, 0.5) is 0 Å². The van der Waals surface area contributed by atoms with Crippen molar-refractivity contribution in [3.8, 4) is 0 Å². The largest absolute Gasteiger partial charge is 0.0887 e. The van der Waals surface area contributed by atoms with Crippen molar-refractivity contribution >= 4 is 0 Å². The van der Waals surface area contributed by atoms with E-state index < -0.39 is 0 Å². The smallest absolute Gasteiger partial charge is 0.0288 e. The molecule has 0 unspecified atom stereocenters. The van der Waals surface area contributed by atoms with Crippen molar-refractivity contribution in [3.05, 3.63) is 23.3 Å². The molecular weight excluding hydrogens is 132 g/mol. The number of hydrogen-bond donors (Lipinski definition) is 0. The van der Waals surface area contributed by atoms with Crippen LogP contribution in [0.2, 0.25) is 0 Å². The molecule has 0 aromatic carbocycles. The lowest BCUT2D eigenvalue weighted by Crippen LogP contribution is -1.76. The highest BCUT2D eigenvalue weighted by atomic mass is 13.9. The zero-order chi connectivity index (χ0) is 8.69. The molecule has 0 heterocycles. The van der Waals surface area contributed by atoms with Crippen molar-refractivity contribution < 1.29 is 0 Å². The van der Waals surface area contributed by atoms with Gasteiger partial charge in [0.1, 0.15) is 0 Å². The van der Waals surface area contributed by atoms with Crippen LogP contribution in [0, 0.1) is 0 Å². The van der Waals surface area contributed by atoms with Crippen molar-refractivity contribution in [2.45, 2.75) is 47.0 Å². The second-order valence-electron chi connectivity index (χ2n) is 3.08. The minimum Gasteiger partial charge on any atom is -0.0887 e. The Morgan fingerprint density at radius 2 is 1.82 bits per heavy atom. The molecule has 0 fully saturated rings. The van der Waals surface area contributed by atoms with Gasteiger partial charge in [-0.25, -0.2) is 0 Å². The van der Waals surface area contributed by atoms with E-state index in [1.807, 2.05) is 0 Å². The molecule has 0 radical (unpaired) electrons. The van der Waals surface area contributed by atoms with Gasteiger partial charge in [-0.2, -0.15) is 0 Å². The zero-order valence-electron chi connectivity index (χ0n) is 8.28. The lowest BCUT2D eigenvalue weighted by atomic mass is 10.1. The molecule has 0 saturated heterocycles. The predicted molar refractivity (Wildman–Crippen MR) is 52.7 cm³/mol. The maximum Gasteiger partial charge on any atom is -0.0288 e. The van der Waals surface area contributed by atoms with E-state index in [-0.39, 0.29) is 0 Å². The molecular formula is C11H20. The first-order valence-corrected chi connectivity index (χ1v) is 4.48. The van der Waals surface area contributed by atoms with Crippen LogP contribution in [0.25, 0.3) is 0 Å². The van der Waals surface area contributed by atoms with Crippen LogP contribution in [-0.2, 0) is 0 Å². The standard InChI is InChI=1S/C11H20/c1-5-10(3)8-7-9-11(4)6-2/h5,9H,6-8H2,1-4H3/b10-5+,11-9?. The summed E-state index contributed by atoms with van der Waals surface area (Å²) < 4.78 is 0. The minimum absolute atomic E-state index is 1.19.